The number of ether oxygens (including phenoxy) is 3. The molecular weight excluding hydrogens is 302 g/mol. The van der Waals surface area contributed by atoms with Crippen LogP contribution in [0, 0.1) is 5.92 Å². The molecule has 1 saturated heterocycles. The number of esters is 1. The van der Waals surface area contributed by atoms with Gasteiger partial charge in [0.25, 0.3) is 0 Å². The van der Waals surface area contributed by atoms with Gasteiger partial charge in [0.15, 0.2) is 18.7 Å². The van der Waals surface area contributed by atoms with Gasteiger partial charge in [-0.15, -0.1) is 0 Å². The van der Waals surface area contributed by atoms with Gasteiger partial charge >= 0.3 is 5.97 Å². The number of hydrogen-bond acceptors (Lipinski definition) is 9. The number of nitrogens with zero attached hydrogens (tertiary/aromatic N) is 4. The van der Waals surface area contributed by atoms with Crippen molar-refractivity contribution >= 4 is 24.0 Å². The zero-order valence-corrected chi connectivity index (χ0v) is 13.4. The number of hydrogen-bond donors (Lipinski definition) is 1. The minimum atomic E-state index is -0.588. The van der Waals surface area contributed by atoms with Crippen molar-refractivity contribution in [2.45, 2.75) is 45.5 Å². The molecule has 0 saturated carbocycles. The molecule has 126 valence electrons. The molecule has 0 bridgehead atoms. The van der Waals surface area contributed by atoms with E-state index in [1.54, 1.807) is 27.1 Å². The normalized spacial score (nSPS) is 32.8. The van der Waals surface area contributed by atoms with Crippen molar-refractivity contribution in [1.29, 1.82) is 0 Å². The van der Waals surface area contributed by atoms with Crippen LogP contribution in [0.2, 0.25) is 0 Å². The Morgan fingerprint density at radius 2 is 2.35 bits per heavy atom. The third-order valence-corrected chi connectivity index (χ3v) is 3.76. The van der Waals surface area contributed by atoms with Crippen LogP contribution in [0.4, 0.5) is 0 Å². The average Bonchev–Trinajstić information content (AvgIpc) is 3.10. The lowest BCUT2D eigenvalue weighted by Crippen LogP contribution is -2.49. The monoisotopic (exact) mass is 323 g/mol. The molecule has 3 aliphatic rings. The second-order valence-corrected chi connectivity index (χ2v) is 5.92. The predicted octanol–water partition coefficient (Wildman–Crippen LogP) is -0.288. The Labute approximate surface area is 134 Å². The Morgan fingerprint density at radius 3 is 3.09 bits per heavy atom. The maximum absolute atomic E-state index is 11.5. The number of carbonyl (C=O) groups excluding carboxylic acids is 1. The predicted molar refractivity (Wildman–Crippen MR) is 83.0 cm³/mol. The molecule has 9 nitrogen and oxygen atoms in total. The van der Waals surface area contributed by atoms with Crippen LogP contribution in [-0.2, 0) is 19.0 Å². The first-order valence-electron chi connectivity index (χ1n) is 7.58. The molecule has 0 aromatic carbocycles. The Balaban J connectivity index is 1.57. The van der Waals surface area contributed by atoms with Crippen LogP contribution in [0.3, 0.4) is 0 Å². The fourth-order valence-corrected chi connectivity index (χ4v) is 2.55. The van der Waals surface area contributed by atoms with E-state index in [1.807, 2.05) is 4.90 Å². The molecule has 3 heterocycles. The molecule has 3 aliphatic heterocycles. The number of fused-ring (bicyclic) bond motifs is 1. The first-order chi connectivity index (χ1) is 11.0. The lowest BCUT2D eigenvalue weighted by Gasteiger charge is -2.30. The molecule has 0 aromatic rings. The summed E-state index contributed by atoms with van der Waals surface area (Å²) in [4.78, 5) is 26.3. The van der Waals surface area contributed by atoms with E-state index in [4.69, 9.17) is 19.9 Å². The largest absolute Gasteiger partial charge is 0.460 e. The van der Waals surface area contributed by atoms with Crippen molar-refractivity contribution in [3.8, 4) is 0 Å². The summed E-state index contributed by atoms with van der Waals surface area (Å²) in [5.41, 5.74) is 5.91. The average molecular weight is 323 g/mol. The van der Waals surface area contributed by atoms with Gasteiger partial charge in [0.05, 0.1) is 18.9 Å². The van der Waals surface area contributed by atoms with Crippen LogP contribution in [0.25, 0.3) is 0 Å². The van der Waals surface area contributed by atoms with Crippen molar-refractivity contribution in [3.05, 3.63) is 0 Å². The summed E-state index contributed by atoms with van der Waals surface area (Å²) in [7, 11) is 0. The van der Waals surface area contributed by atoms with E-state index in [0.717, 1.165) is 0 Å². The highest BCUT2D eigenvalue weighted by Gasteiger charge is 2.42. The molecule has 2 N–H and O–H groups in total. The summed E-state index contributed by atoms with van der Waals surface area (Å²) < 4.78 is 16.4. The number of carbonyl (C=O) groups is 1. The number of amidine groups is 2. The second kappa shape index (κ2) is 6.25. The molecule has 0 spiro atoms. The zero-order chi connectivity index (χ0) is 16.6. The number of aliphatic imine (C=N–C) groups is 3. The van der Waals surface area contributed by atoms with Gasteiger partial charge in [-0.05, 0) is 6.92 Å². The Hall–Kier alpha value is -2.00. The van der Waals surface area contributed by atoms with Gasteiger partial charge in [-0.2, -0.15) is 0 Å². The lowest BCUT2D eigenvalue weighted by atomic mass is 10.2. The Kier molecular flexibility index (Phi) is 4.31. The van der Waals surface area contributed by atoms with E-state index < -0.39 is 6.29 Å². The van der Waals surface area contributed by atoms with Crippen molar-refractivity contribution in [3.63, 3.8) is 0 Å². The number of nitrogens with two attached hydrogens (primary N) is 1. The fourth-order valence-electron chi connectivity index (χ4n) is 2.55. The smallest absolute Gasteiger partial charge is 0.308 e. The van der Waals surface area contributed by atoms with E-state index in [0.29, 0.717) is 18.3 Å². The summed E-state index contributed by atoms with van der Waals surface area (Å²) in [5.74, 6) is 0.601. The van der Waals surface area contributed by atoms with Crippen molar-refractivity contribution in [2.24, 2.45) is 26.6 Å². The van der Waals surface area contributed by atoms with Gasteiger partial charge in [-0.3, -0.25) is 9.79 Å². The summed E-state index contributed by atoms with van der Waals surface area (Å²) in [5, 5.41) is 0. The standard InChI is InChI=1S/C14H21N5O4/c1-7(2)14(20)22-5-10-21-4-9(23-10)19-6-16-11-12(15)17-8(3)18-13(11)19/h6-7,9-11,13H,4-5H2,1-3H3,(H2,15,17,18)/t9?,10-,11?,13?/m1/s1. The Bertz CT molecular complexity index is 574. The van der Waals surface area contributed by atoms with Gasteiger partial charge < -0.3 is 24.8 Å². The van der Waals surface area contributed by atoms with Crippen LogP contribution < -0.4 is 5.73 Å². The highest BCUT2D eigenvalue weighted by molar-refractivity contribution is 6.01. The third-order valence-electron chi connectivity index (χ3n) is 3.76. The maximum atomic E-state index is 11.5. The van der Waals surface area contributed by atoms with Crippen molar-refractivity contribution in [2.75, 3.05) is 13.2 Å². The van der Waals surface area contributed by atoms with Gasteiger partial charge in [-0.25, -0.2) is 9.98 Å². The fraction of sp³-hybridized carbons (Fsp3) is 0.714. The van der Waals surface area contributed by atoms with Gasteiger partial charge in [0.2, 0.25) is 0 Å². The quantitative estimate of drug-likeness (QED) is 0.712. The van der Waals surface area contributed by atoms with Gasteiger partial charge in [-0.1, -0.05) is 13.8 Å². The Morgan fingerprint density at radius 1 is 1.57 bits per heavy atom. The molecule has 0 amide bonds. The molecule has 1 fully saturated rings. The SMILES string of the molecule is CC1=NC2C(N=CN2C2CO[C@@H](COC(=O)C(C)C)O2)C(N)=N1. The van der Waals surface area contributed by atoms with Gasteiger partial charge in [0.1, 0.15) is 24.3 Å². The summed E-state index contributed by atoms with van der Waals surface area (Å²) in [6.45, 7) is 5.75. The molecule has 3 unspecified atom stereocenters. The molecule has 3 rings (SSSR count). The molecule has 0 aliphatic carbocycles. The summed E-state index contributed by atoms with van der Waals surface area (Å²) >= 11 is 0. The van der Waals surface area contributed by atoms with E-state index in [-0.39, 0.29) is 36.9 Å². The maximum Gasteiger partial charge on any atom is 0.308 e. The molecular formula is C14H21N5O4. The molecule has 4 atom stereocenters. The first kappa shape index (κ1) is 15.9. The molecule has 23 heavy (non-hydrogen) atoms. The topological polar surface area (TPSA) is 111 Å². The first-order valence-corrected chi connectivity index (χ1v) is 7.58. The van der Waals surface area contributed by atoms with Crippen LogP contribution in [-0.4, -0.2) is 66.8 Å². The summed E-state index contributed by atoms with van der Waals surface area (Å²) in [6, 6.07) is -0.292. The lowest BCUT2D eigenvalue weighted by molar-refractivity contribution is -0.163. The van der Waals surface area contributed by atoms with E-state index in [9.17, 15) is 4.79 Å². The van der Waals surface area contributed by atoms with Crippen LogP contribution in [0.5, 0.6) is 0 Å². The minimum Gasteiger partial charge on any atom is -0.460 e. The molecule has 0 radical (unpaired) electrons. The van der Waals surface area contributed by atoms with E-state index >= 15 is 0 Å². The van der Waals surface area contributed by atoms with E-state index in [2.05, 4.69) is 15.0 Å². The summed E-state index contributed by atoms with van der Waals surface area (Å²) in [6.07, 6.45) is 0.461. The molecule has 0 aromatic heterocycles. The highest BCUT2D eigenvalue weighted by Crippen LogP contribution is 2.25. The van der Waals surface area contributed by atoms with E-state index in [1.165, 1.54) is 0 Å². The van der Waals surface area contributed by atoms with Gasteiger partial charge in [0, 0.05) is 0 Å². The highest BCUT2D eigenvalue weighted by atomic mass is 16.7. The minimum absolute atomic E-state index is 0.0679. The second-order valence-electron chi connectivity index (χ2n) is 5.92. The van der Waals surface area contributed by atoms with Crippen LogP contribution in [0.15, 0.2) is 15.0 Å². The van der Waals surface area contributed by atoms with Crippen molar-refractivity contribution in [1.82, 2.24) is 4.90 Å². The number of rotatable bonds is 4. The zero-order valence-electron chi connectivity index (χ0n) is 13.4. The van der Waals surface area contributed by atoms with Crippen LogP contribution in [0.1, 0.15) is 20.8 Å². The third kappa shape index (κ3) is 3.20. The van der Waals surface area contributed by atoms with Crippen molar-refractivity contribution < 1.29 is 19.0 Å². The van der Waals surface area contributed by atoms with Crippen LogP contribution >= 0.6 is 0 Å². The molecule has 9 heteroatoms.